The van der Waals surface area contributed by atoms with E-state index in [0.29, 0.717) is 12.1 Å². The number of amides is 2. The topological polar surface area (TPSA) is 67.4 Å². The molecule has 2 aromatic rings. The zero-order valence-corrected chi connectivity index (χ0v) is 16.7. The van der Waals surface area contributed by atoms with E-state index in [9.17, 15) is 9.59 Å². The van der Waals surface area contributed by atoms with Gasteiger partial charge in [-0.3, -0.25) is 4.79 Å². The lowest BCUT2D eigenvalue weighted by Gasteiger charge is -2.23. The first-order valence-corrected chi connectivity index (χ1v) is 9.12. The Morgan fingerprint density at radius 2 is 1.77 bits per heavy atom. The highest BCUT2D eigenvalue weighted by atomic mass is 79.9. The van der Waals surface area contributed by atoms with Crippen LogP contribution in [0.3, 0.4) is 0 Å². The lowest BCUT2D eigenvalue weighted by Crippen LogP contribution is -2.47. The highest BCUT2D eigenvalue weighted by Gasteiger charge is 2.24. The van der Waals surface area contributed by atoms with E-state index in [-0.39, 0.29) is 5.91 Å². The van der Waals surface area contributed by atoms with Gasteiger partial charge in [0.25, 0.3) is 0 Å². The monoisotopic (exact) mass is 418 g/mol. The van der Waals surface area contributed by atoms with Gasteiger partial charge in [-0.25, -0.2) is 4.79 Å². The van der Waals surface area contributed by atoms with Crippen LogP contribution in [0.25, 0.3) is 0 Å². The van der Waals surface area contributed by atoms with Crippen molar-refractivity contribution in [1.29, 1.82) is 0 Å². The van der Waals surface area contributed by atoms with Crippen molar-refractivity contribution in [2.75, 3.05) is 5.32 Å². The molecular weight excluding hydrogens is 396 g/mol. The maximum absolute atomic E-state index is 12.7. The summed E-state index contributed by atoms with van der Waals surface area (Å²) in [5, 5.41) is 5.50. The summed E-state index contributed by atoms with van der Waals surface area (Å²) >= 11 is 3.38. The number of carbonyl (C=O) groups is 2. The molecule has 0 aliphatic rings. The van der Waals surface area contributed by atoms with Crippen molar-refractivity contribution < 1.29 is 14.3 Å². The molecule has 0 aliphatic heterocycles. The fraction of sp³-hybridized carbons (Fsp3) is 0.300. The third kappa shape index (κ3) is 6.88. The SMILES string of the molecule is CC(C)(C)OC(=O)NC(Cc1ccccc1)C(=O)Nc1cccc(Br)c1. The second kappa shape index (κ2) is 8.85. The summed E-state index contributed by atoms with van der Waals surface area (Å²) in [5.74, 6) is -0.308. The largest absolute Gasteiger partial charge is 0.444 e. The molecule has 0 bridgehead atoms. The Morgan fingerprint density at radius 3 is 2.38 bits per heavy atom. The van der Waals surface area contributed by atoms with Crippen LogP contribution >= 0.6 is 15.9 Å². The third-order valence-electron chi connectivity index (χ3n) is 3.38. The second-order valence-electron chi connectivity index (χ2n) is 6.89. The van der Waals surface area contributed by atoms with Gasteiger partial charge in [0.1, 0.15) is 11.6 Å². The Labute approximate surface area is 162 Å². The van der Waals surface area contributed by atoms with E-state index >= 15 is 0 Å². The van der Waals surface area contributed by atoms with Gasteiger partial charge in [0.05, 0.1) is 0 Å². The Morgan fingerprint density at radius 1 is 1.08 bits per heavy atom. The van der Waals surface area contributed by atoms with Gasteiger partial charge in [0.15, 0.2) is 0 Å². The number of hydrogen-bond donors (Lipinski definition) is 2. The van der Waals surface area contributed by atoms with Crippen LogP contribution in [0, 0.1) is 0 Å². The van der Waals surface area contributed by atoms with Crippen molar-refractivity contribution in [3.8, 4) is 0 Å². The van der Waals surface area contributed by atoms with Crippen LogP contribution in [0.4, 0.5) is 10.5 Å². The number of nitrogens with one attached hydrogen (secondary N) is 2. The highest BCUT2D eigenvalue weighted by Crippen LogP contribution is 2.16. The summed E-state index contributed by atoms with van der Waals surface area (Å²) < 4.78 is 6.14. The first-order valence-electron chi connectivity index (χ1n) is 8.33. The predicted octanol–water partition coefficient (Wildman–Crippen LogP) is 4.52. The smallest absolute Gasteiger partial charge is 0.408 e. The van der Waals surface area contributed by atoms with Crippen LogP contribution < -0.4 is 10.6 Å². The molecule has 5 nitrogen and oxygen atoms in total. The molecular formula is C20H23BrN2O3. The van der Waals surface area contributed by atoms with Crippen molar-refractivity contribution >= 4 is 33.6 Å². The minimum absolute atomic E-state index is 0.308. The zero-order chi connectivity index (χ0) is 19.2. The second-order valence-corrected chi connectivity index (χ2v) is 7.80. The standard InChI is InChI=1S/C20H23BrN2O3/c1-20(2,3)26-19(25)23-17(12-14-8-5-4-6-9-14)18(24)22-16-11-7-10-15(21)13-16/h4-11,13,17H,12H2,1-3H3,(H,22,24)(H,23,25). The fourth-order valence-electron chi connectivity index (χ4n) is 2.30. The molecule has 138 valence electrons. The van der Waals surface area contributed by atoms with E-state index in [1.165, 1.54) is 0 Å². The predicted molar refractivity (Wildman–Crippen MR) is 106 cm³/mol. The van der Waals surface area contributed by atoms with E-state index in [1.54, 1.807) is 32.9 Å². The summed E-state index contributed by atoms with van der Waals surface area (Å²) in [6.45, 7) is 5.33. The van der Waals surface area contributed by atoms with Crippen LogP contribution in [0.5, 0.6) is 0 Å². The average molecular weight is 419 g/mol. The van der Waals surface area contributed by atoms with Crippen molar-refractivity contribution in [2.45, 2.75) is 38.8 Å². The molecule has 2 aromatic carbocycles. The van der Waals surface area contributed by atoms with Crippen LogP contribution in [0.15, 0.2) is 59.1 Å². The van der Waals surface area contributed by atoms with Crippen molar-refractivity contribution in [3.63, 3.8) is 0 Å². The summed E-state index contributed by atoms with van der Waals surface area (Å²) in [7, 11) is 0. The number of benzene rings is 2. The lowest BCUT2D eigenvalue weighted by molar-refractivity contribution is -0.118. The zero-order valence-electron chi connectivity index (χ0n) is 15.1. The summed E-state index contributed by atoms with van der Waals surface area (Å²) in [6.07, 6.45) is -0.261. The van der Waals surface area contributed by atoms with Crippen LogP contribution in [-0.2, 0) is 16.0 Å². The van der Waals surface area contributed by atoms with E-state index in [1.807, 2.05) is 42.5 Å². The molecule has 1 unspecified atom stereocenters. The summed E-state index contributed by atoms with van der Waals surface area (Å²) in [6, 6.07) is 16.0. The van der Waals surface area contributed by atoms with Crippen molar-refractivity contribution in [3.05, 3.63) is 64.6 Å². The molecule has 0 radical (unpaired) electrons. The molecule has 0 saturated carbocycles. The molecule has 0 aliphatic carbocycles. The molecule has 0 fully saturated rings. The number of anilines is 1. The summed E-state index contributed by atoms with van der Waals surface area (Å²) in [4.78, 5) is 24.9. The normalized spacial score (nSPS) is 12.2. The lowest BCUT2D eigenvalue weighted by atomic mass is 10.1. The Kier molecular flexibility index (Phi) is 6.80. The van der Waals surface area contributed by atoms with Crippen LogP contribution in [0.2, 0.25) is 0 Å². The molecule has 1 atom stereocenters. The molecule has 0 spiro atoms. The van der Waals surface area contributed by atoms with Gasteiger partial charge in [-0.2, -0.15) is 0 Å². The molecule has 2 N–H and O–H groups in total. The Hall–Kier alpha value is -2.34. The number of halogens is 1. The van der Waals surface area contributed by atoms with Gasteiger partial charge in [0.2, 0.25) is 5.91 Å². The molecule has 0 aromatic heterocycles. The first-order chi connectivity index (χ1) is 12.2. The quantitative estimate of drug-likeness (QED) is 0.749. The number of carbonyl (C=O) groups excluding carboxylic acids is 2. The van der Waals surface area contributed by atoms with E-state index < -0.39 is 17.7 Å². The minimum atomic E-state index is -0.758. The van der Waals surface area contributed by atoms with Gasteiger partial charge in [-0.1, -0.05) is 52.3 Å². The highest BCUT2D eigenvalue weighted by molar-refractivity contribution is 9.10. The van der Waals surface area contributed by atoms with Crippen molar-refractivity contribution in [1.82, 2.24) is 5.32 Å². The third-order valence-corrected chi connectivity index (χ3v) is 3.88. The van der Waals surface area contributed by atoms with Gasteiger partial charge >= 0.3 is 6.09 Å². The fourth-order valence-corrected chi connectivity index (χ4v) is 2.70. The minimum Gasteiger partial charge on any atom is -0.444 e. The number of alkyl carbamates (subject to hydrolysis) is 1. The van der Waals surface area contributed by atoms with Crippen LogP contribution in [-0.4, -0.2) is 23.6 Å². The van der Waals surface area contributed by atoms with Crippen LogP contribution in [0.1, 0.15) is 26.3 Å². The molecule has 2 rings (SSSR count). The summed E-state index contributed by atoms with van der Waals surface area (Å²) in [5.41, 5.74) is 0.952. The maximum atomic E-state index is 12.7. The molecule has 26 heavy (non-hydrogen) atoms. The molecule has 2 amide bonds. The Balaban J connectivity index is 2.13. The van der Waals surface area contributed by atoms with Gasteiger partial charge in [0, 0.05) is 16.6 Å². The average Bonchev–Trinajstić information content (AvgIpc) is 2.53. The number of hydrogen-bond acceptors (Lipinski definition) is 3. The first kappa shape index (κ1) is 20.0. The molecule has 0 heterocycles. The van der Waals surface area contributed by atoms with Gasteiger partial charge in [-0.15, -0.1) is 0 Å². The van der Waals surface area contributed by atoms with E-state index in [4.69, 9.17) is 4.74 Å². The van der Waals surface area contributed by atoms with Gasteiger partial charge in [-0.05, 0) is 44.5 Å². The molecule has 0 saturated heterocycles. The number of ether oxygens (including phenoxy) is 1. The molecule has 6 heteroatoms. The van der Waals surface area contributed by atoms with E-state index in [2.05, 4.69) is 26.6 Å². The van der Waals surface area contributed by atoms with Crippen molar-refractivity contribution in [2.24, 2.45) is 0 Å². The van der Waals surface area contributed by atoms with E-state index in [0.717, 1.165) is 10.0 Å². The van der Waals surface area contributed by atoms with Gasteiger partial charge < -0.3 is 15.4 Å². The Bertz CT molecular complexity index is 757. The maximum Gasteiger partial charge on any atom is 0.408 e. The number of rotatable bonds is 5.